The van der Waals surface area contributed by atoms with Gasteiger partial charge in [0.25, 0.3) is 0 Å². The summed E-state index contributed by atoms with van der Waals surface area (Å²) < 4.78 is 32.3. The highest BCUT2D eigenvalue weighted by Crippen LogP contribution is 2.22. The number of carboxylic acid groups (broad SMARTS) is 2. The first kappa shape index (κ1) is 26.6. The predicted molar refractivity (Wildman–Crippen MR) is 118 cm³/mol. The van der Waals surface area contributed by atoms with Crippen molar-refractivity contribution in [2.75, 3.05) is 45.9 Å². The van der Waals surface area contributed by atoms with E-state index in [0.717, 1.165) is 31.5 Å². The standard InChI is InChI=1S/C19H29N3O4S.C2H2O4/c1-3-26-19(23)21-10-8-17(9-11-21)20-12-14-22(15-13-20)27(24,25)18-6-4-16(2)5-7-18;3-1(4)2(5)6/h4-7,17H,3,8-15H2,1-2H3;(H,3,4)(H,5,6). The number of amides is 1. The highest BCUT2D eigenvalue weighted by molar-refractivity contribution is 7.89. The second kappa shape index (κ2) is 12.0. The summed E-state index contributed by atoms with van der Waals surface area (Å²) in [5.41, 5.74) is 1.05. The molecule has 2 fully saturated rings. The van der Waals surface area contributed by atoms with Crippen LogP contribution in [0.2, 0.25) is 0 Å². The van der Waals surface area contributed by atoms with Crippen LogP contribution in [0.5, 0.6) is 0 Å². The number of carbonyl (C=O) groups excluding carboxylic acids is 1. The second-order valence-corrected chi connectivity index (χ2v) is 9.72. The maximum absolute atomic E-state index is 12.8. The predicted octanol–water partition coefficient (Wildman–Crippen LogP) is 1.08. The highest BCUT2D eigenvalue weighted by atomic mass is 32.2. The van der Waals surface area contributed by atoms with Crippen LogP contribution in [-0.2, 0) is 24.3 Å². The Balaban J connectivity index is 0.000000569. The van der Waals surface area contributed by atoms with Gasteiger partial charge in [-0.1, -0.05) is 17.7 Å². The molecule has 0 bridgehead atoms. The summed E-state index contributed by atoms with van der Waals surface area (Å²) in [6.07, 6.45) is 1.58. The topological polar surface area (TPSA) is 145 Å². The van der Waals surface area contributed by atoms with Crippen molar-refractivity contribution >= 4 is 28.1 Å². The lowest BCUT2D eigenvalue weighted by atomic mass is 10.0. The van der Waals surface area contributed by atoms with Crippen molar-refractivity contribution in [1.82, 2.24) is 14.1 Å². The number of aliphatic carboxylic acids is 2. The second-order valence-electron chi connectivity index (χ2n) is 7.78. The Morgan fingerprint density at radius 1 is 0.939 bits per heavy atom. The molecule has 33 heavy (non-hydrogen) atoms. The minimum Gasteiger partial charge on any atom is -0.473 e. The first-order valence-corrected chi connectivity index (χ1v) is 12.2. The third-order valence-corrected chi connectivity index (χ3v) is 7.53. The lowest BCUT2D eigenvalue weighted by Gasteiger charge is -2.42. The molecule has 2 aliphatic rings. The molecule has 0 atom stereocenters. The molecule has 2 saturated heterocycles. The first-order chi connectivity index (χ1) is 15.6. The minimum absolute atomic E-state index is 0.232. The molecule has 0 saturated carbocycles. The maximum atomic E-state index is 12.8. The number of likely N-dealkylation sites (tertiary alicyclic amines) is 1. The fraction of sp³-hybridized carbons (Fsp3) is 0.571. The molecule has 0 unspecified atom stereocenters. The minimum atomic E-state index is -3.42. The summed E-state index contributed by atoms with van der Waals surface area (Å²) in [4.78, 5) is 34.5. The molecular weight excluding hydrogens is 454 g/mol. The molecule has 0 spiro atoms. The Bertz CT molecular complexity index is 907. The van der Waals surface area contributed by atoms with E-state index in [-0.39, 0.29) is 6.09 Å². The summed E-state index contributed by atoms with van der Waals surface area (Å²) >= 11 is 0. The molecule has 3 rings (SSSR count). The van der Waals surface area contributed by atoms with Crippen LogP contribution in [0, 0.1) is 6.92 Å². The average Bonchev–Trinajstić information content (AvgIpc) is 2.80. The summed E-state index contributed by atoms with van der Waals surface area (Å²) in [5, 5.41) is 14.8. The van der Waals surface area contributed by atoms with Crippen LogP contribution in [0.15, 0.2) is 29.2 Å². The SMILES string of the molecule is CCOC(=O)N1CCC(N2CCN(S(=O)(=O)c3ccc(C)cc3)CC2)CC1.O=C(O)C(=O)O. The zero-order valence-corrected chi connectivity index (χ0v) is 19.7. The molecule has 2 aliphatic heterocycles. The van der Waals surface area contributed by atoms with Crippen LogP contribution < -0.4 is 0 Å². The van der Waals surface area contributed by atoms with E-state index in [9.17, 15) is 13.2 Å². The number of carboxylic acids is 2. The van der Waals surface area contributed by atoms with Gasteiger partial charge in [-0.3, -0.25) is 4.90 Å². The number of hydrogen-bond acceptors (Lipinski definition) is 7. The number of ether oxygens (including phenoxy) is 1. The molecule has 0 radical (unpaired) electrons. The van der Waals surface area contributed by atoms with Crippen LogP contribution in [0.4, 0.5) is 4.79 Å². The maximum Gasteiger partial charge on any atom is 0.414 e. The van der Waals surface area contributed by atoms with Gasteiger partial charge in [0, 0.05) is 45.3 Å². The molecule has 2 heterocycles. The Hall–Kier alpha value is -2.70. The van der Waals surface area contributed by atoms with E-state index in [2.05, 4.69) is 4.90 Å². The van der Waals surface area contributed by atoms with Gasteiger partial charge in [-0.25, -0.2) is 22.8 Å². The molecule has 11 nitrogen and oxygen atoms in total. The van der Waals surface area contributed by atoms with Gasteiger partial charge >= 0.3 is 18.0 Å². The summed E-state index contributed by atoms with van der Waals surface area (Å²) in [6.45, 7) is 8.04. The van der Waals surface area contributed by atoms with Crippen molar-refractivity contribution in [3.05, 3.63) is 29.8 Å². The quantitative estimate of drug-likeness (QED) is 0.598. The molecule has 0 aliphatic carbocycles. The first-order valence-electron chi connectivity index (χ1n) is 10.7. The number of piperidine rings is 1. The van der Waals surface area contributed by atoms with Crippen LogP contribution in [0.3, 0.4) is 0 Å². The van der Waals surface area contributed by atoms with Gasteiger partial charge in [0.05, 0.1) is 11.5 Å². The number of rotatable bonds is 4. The van der Waals surface area contributed by atoms with Crippen molar-refractivity contribution in [3.63, 3.8) is 0 Å². The number of aryl methyl sites for hydroxylation is 1. The number of carbonyl (C=O) groups is 3. The van der Waals surface area contributed by atoms with Crippen LogP contribution in [-0.4, -0.2) is 103 Å². The van der Waals surface area contributed by atoms with Crippen LogP contribution in [0.25, 0.3) is 0 Å². The van der Waals surface area contributed by atoms with Crippen molar-refractivity contribution in [3.8, 4) is 0 Å². The van der Waals surface area contributed by atoms with Crippen LogP contribution in [0.1, 0.15) is 25.3 Å². The van der Waals surface area contributed by atoms with Crippen molar-refractivity contribution in [2.45, 2.75) is 37.6 Å². The smallest absolute Gasteiger partial charge is 0.414 e. The Morgan fingerprint density at radius 2 is 1.45 bits per heavy atom. The van der Waals surface area contributed by atoms with Crippen molar-refractivity contribution < 1.29 is 37.8 Å². The summed E-state index contributed by atoms with van der Waals surface area (Å²) in [5.74, 6) is -3.65. The number of nitrogens with zero attached hydrogens (tertiary/aromatic N) is 3. The van der Waals surface area contributed by atoms with Crippen LogP contribution >= 0.6 is 0 Å². The van der Waals surface area contributed by atoms with Crippen molar-refractivity contribution in [1.29, 1.82) is 0 Å². The van der Waals surface area contributed by atoms with Gasteiger partial charge in [-0.2, -0.15) is 4.31 Å². The van der Waals surface area contributed by atoms with Gasteiger partial charge in [-0.05, 0) is 38.8 Å². The van der Waals surface area contributed by atoms with Gasteiger partial charge < -0.3 is 19.8 Å². The monoisotopic (exact) mass is 485 g/mol. The third-order valence-electron chi connectivity index (χ3n) is 5.62. The highest BCUT2D eigenvalue weighted by Gasteiger charge is 2.33. The molecular formula is C21H31N3O8S. The van der Waals surface area contributed by atoms with Gasteiger partial charge in [0.1, 0.15) is 0 Å². The molecule has 1 aromatic carbocycles. The number of piperazine rings is 1. The fourth-order valence-corrected chi connectivity index (χ4v) is 5.22. The van der Waals surface area contributed by atoms with E-state index in [4.69, 9.17) is 24.5 Å². The molecule has 184 valence electrons. The Morgan fingerprint density at radius 3 is 1.91 bits per heavy atom. The zero-order chi connectivity index (χ0) is 24.6. The number of hydrogen-bond donors (Lipinski definition) is 2. The van der Waals surface area contributed by atoms with E-state index >= 15 is 0 Å². The van der Waals surface area contributed by atoms with Crippen molar-refractivity contribution in [2.24, 2.45) is 0 Å². The fourth-order valence-electron chi connectivity index (χ4n) is 3.80. The molecule has 2 N–H and O–H groups in total. The Labute approximate surface area is 193 Å². The lowest BCUT2D eigenvalue weighted by molar-refractivity contribution is -0.159. The molecule has 0 aromatic heterocycles. The largest absolute Gasteiger partial charge is 0.473 e. The third kappa shape index (κ3) is 7.41. The summed E-state index contributed by atoms with van der Waals surface area (Å²) in [6, 6.07) is 7.44. The number of benzene rings is 1. The molecule has 1 aromatic rings. The van der Waals surface area contributed by atoms with Gasteiger partial charge in [0.15, 0.2) is 0 Å². The van der Waals surface area contributed by atoms with E-state index in [1.807, 2.05) is 26.0 Å². The zero-order valence-electron chi connectivity index (χ0n) is 18.8. The summed E-state index contributed by atoms with van der Waals surface area (Å²) in [7, 11) is -3.42. The van der Waals surface area contributed by atoms with E-state index < -0.39 is 22.0 Å². The average molecular weight is 486 g/mol. The molecule has 1 amide bonds. The van der Waals surface area contributed by atoms with E-state index in [1.165, 1.54) is 0 Å². The van der Waals surface area contributed by atoms with E-state index in [0.29, 0.717) is 43.7 Å². The normalized spacial score (nSPS) is 18.2. The molecule has 12 heteroatoms. The van der Waals surface area contributed by atoms with Gasteiger partial charge in [-0.15, -0.1) is 0 Å². The van der Waals surface area contributed by atoms with Gasteiger partial charge in [0.2, 0.25) is 10.0 Å². The van der Waals surface area contributed by atoms with E-state index in [1.54, 1.807) is 21.3 Å². The Kier molecular flexibility index (Phi) is 9.62. The lowest BCUT2D eigenvalue weighted by Crippen LogP contribution is -2.54. The number of sulfonamides is 1.